The first kappa shape index (κ1) is 19.9. The Labute approximate surface area is 173 Å². The van der Waals surface area contributed by atoms with Crippen LogP contribution in [0, 0.1) is 0 Å². The van der Waals surface area contributed by atoms with E-state index in [1.54, 1.807) is 15.9 Å². The van der Waals surface area contributed by atoms with Crippen LogP contribution in [0.2, 0.25) is 0 Å². The minimum atomic E-state index is -1.71. The number of benzene rings is 3. The zero-order valence-electron chi connectivity index (χ0n) is 17.3. The van der Waals surface area contributed by atoms with Gasteiger partial charge in [-0.3, -0.25) is 0 Å². The summed E-state index contributed by atoms with van der Waals surface area (Å²) >= 11 is 0. The molecule has 4 rings (SSSR count). The third-order valence-electron chi connectivity index (χ3n) is 7.40. The van der Waals surface area contributed by atoms with Crippen LogP contribution in [0.3, 0.4) is 0 Å². The Morgan fingerprint density at radius 3 is 1.82 bits per heavy atom. The van der Waals surface area contributed by atoms with Crippen LogP contribution in [0.5, 0.6) is 0 Å². The van der Waals surface area contributed by atoms with Gasteiger partial charge in [0, 0.05) is 0 Å². The molecule has 0 saturated carbocycles. The van der Waals surface area contributed by atoms with Gasteiger partial charge >= 0.3 is 174 Å². The van der Waals surface area contributed by atoms with Crippen molar-refractivity contribution >= 4 is 45.3 Å². The Balaban J connectivity index is 1.62. The summed E-state index contributed by atoms with van der Waals surface area (Å²) in [5, 5.41) is 4.85. The molecule has 0 N–H and O–H groups in total. The second kappa shape index (κ2) is 8.57. The Morgan fingerprint density at radius 1 is 0.786 bits per heavy atom. The van der Waals surface area contributed by atoms with Crippen LogP contribution in [-0.2, 0) is 0 Å². The fourth-order valence-corrected chi connectivity index (χ4v) is 14.1. The number of rotatable bonds is 6. The van der Waals surface area contributed by atoms with Gasteiger partial charge in [-0.1, -0.05) is 0 Å². The molecule has 0 spiro atoms. The van der Waals surface area contributed by atoms with Crippen molar-refractivity contribution in [2.45, 2.75) is 24.9 Å². The summed E-state index contributed by atoms with van der Waals surface area (Å²) in [5.74, 6) is 0. The van der Waals surface area contributed by atoms with Crippen LogP contribution in [0.15, 0.2) is 91.0 Å². The van der Waals surface area contributed by atoms with Crippen LogP contribution >= 0.6 is 14.3 Å². The van der Waals surface area contributed by atoms with E-state index >= 15 is 0 Å². The molecule has 3 aromatic rings. The average molecular weight is 404 g/mol. The Hall–Kier alpha value is -1.35. The molecule has 0 aromatic heterocycles. The number of hydrogen-bond acceptors (Lipinski definition) is 0. The topological polar surface area (TPSA) is 0 Å². The minimum absolute atomic E-state index is 0.925. The molecule has 0 aliphatic carbocycles. The summed E-state index contributed by atoms with van der Waals surface area (Å²) < 4.78 is 0. The van der Waals surface area contributed by atoms with Gasteiger partial charge in [0.1, 0.15) is 0 Å². The molecule has 28 heavy (non-hydrogen) atoms. The van der Waals surface area contributed by atoms with E-state index < -0.39 is 14.3 Å². The molecular weight excluding hydrogens is 372 g/mol. The molecule has 1 fully saturated rings. The van der Waals surface area contributed by atoms with E-state index in [0.717, 1.165) is 5.66 Å². The molecule has 0 radical (unpaired) electrons. The van der Waals surface area contributed by atoms with Crippen molar-refractivity contribution in [3.8, 4) is 0 Å². The normalized spacial score (nSPS) is 20.5. The quantitative estimate of drug-likeness (QED) is 0.438. The molecule has 1 atom stereocenters. The van der Waals surface area contributed by atoms with Gasteiger partial charge < -0.3 is 0 Å². The van der Waals surface area contributed by atoms with E-state index in [0.29, 0.717) is 0 Å². The summed E-state index contributed by atoms with van der Waals surface area (Å²) in [7, 11) is 2.17. The average Bonchev–Trinajstić information content (AvgIpc) is 3.15. The summed E-state index contributed by atoms with van der Waals surface area (Å²) in [5.41, 5.74) is 0.925. The van der Waals surface area contributed by atoms with Crippen LogP contribution in [0.25, 0.3) is 0 Å². The third-order valence-corrected chi connectivity index (χ3v) is 17.3. The molecule has 1 aliphatic heterocycles. The molecule has 1 heterocycles. The summed E-state index contributed by atoms with van der Waals surface area (Å²) in [6.45, 7) is 0. The van der Waals surface area contributed by atoms with Gasteiger partial charge in [-0.2, -0.15) is 0 Å². The van der Waals surface area contributed by atoms with Crippen LogP contribution in [0.1, 0.15) is 19.3 Å². The second-order valence-corrected chi connectivity index (χ2v) is 18.0. The summed E-state index contributed by atoms with van der Waals surface area (Å²) in [4.78, 5) is 0. The molecule has 0 amide bonds. The standard InChI is InChI=1S/C24H32B2P2/c25-27(21-11-4-1-5-12-21)19-10-17-24(27)18-20-28(26,22-13-6-2-7-14-22)23-15-8-3-9-16-23/h1-9,11-16,24,27-28H,10,17-20,25-26H2/t24-/m0/s1. The maximum absolute atomic E-state index is 2.66. The predicted octanol–water partition coefficient (Wildman–Crippen LogP) is 3.11. The van der Waals surface area contributed by atoms with Crippen molar-refractivity contribution < 1.29 is 0 Å². The first-order valence-electron chi connectivity index (χ1n) is 10.8. The van der Waals surface area contributed by atoms with E-state index in [1.807, 2.05) is 0 Å². The summed E-state index contributed by atoms with van der Waals surface area (Å²) in [6, 6.07) is 34.2. The Morgan fingerprint density at radius 2 is 1.29 bits per heavy atom. The molecule has 3 aromatic carbocycles. The van der Waals surface area contributed by atoms with Gasteiger partial charge in [-0.25, -0.2) is 0 Å². The molecule has 1 saturated heterocycles. The summed E-state index contributed by atoms with van der Waals surface area (Å²) in [6.07, 6.45) is 7.09. The monoisotopic (exact) mass is 404 g/mol. The van der Waals surface area contributed by atoms with Gasteiger partial charge in [-0.15, -0.1) is 0 Å². The molecule has 0 unspecified atom stereocenters. The fourth-order valence-electron chi connectivity index (χ4n) is 5.43. The van der Waals surface area contributed by atoms with Crippen LogP contribution in [-0.4, -0.2) is 33.1 Å². The number of hydrogen-bond donors (Lipinski definition) is 0. The molecule has 0 bridgehead atoms. The van der Waals surface area contributed by atoms with Crippen molar-refractivity contribution in [1.82, 2.24) is 0 Å². The van der Waals surface area contributed by atoms with E-state index in [9.17, 15) is 0 Å². The first-order chi connectivity index (χ1) is 13.6. The Bertz CT molecular complexity index is 847. The van der Waals surface area contributed by atoms with Crippen molar-refractivity contribution in [3.05, 3.63) is 91.0 Å². The molecule has 0 nitrogen and oxygen atoms in total. The van der Waals surface area contributed by atoms with Gasteiger partial charge in [0.2, 0.25) is 0 Å². The third kappa shape index (κ3) is 3.87. The van der Waals surface area contributed by atoms with Gasteiger partial charge in [-0.05, 0) is 0 Å². The predicted molar refractivity (Wildman–Crippen MR) is 139 cm³/mol. The van der Waals surface area contributed by atoms with Gasteiger partial charge in [0.15, 0.2) is 0 Å². The first-order valence-corrected chi connectivity index (χ1v) is 16.3. The van der Waals surface area contributed by atoms with E-state index in [-0.39, 0.29) is 0 Å². The van der Waals surface area contributed by atoms with Crippen LogP contribution in [0.4, 0.5) is 0 Å². The van der Waals surface area contributed by atoms with Crippen molar-refractivity contribution in [2.24, 2.45) is 0 Å². The van der Waals surface area contributed by atoms with Gasteiger partial charge in [0.25, 0.3) is 0 Å². The van der Waals surface area contributed by atoms with E-state index in [4.69, 9.17) is 0 Å². The fraction of sp³-hybridized carbons (Fsp3) is 0.250. The second-order valence-electron chi connectivity index (χ2n) is 8.98. The molecule has 1 aliphatic rings. The SMILES string of the molecule is B[PH](CC[C@@H]1CCC[PH]1(B)c1ccccc1)(c1ccccc1)c1ccccc1. The molecule has 144 valence electrons. The van der Waals surface area contributed by atoms with Crippen molar-refractivity contribution in [1.29, 1.82) is 0 Å². The van der Waals surface area contributed by atoms with E-state index in [1.165, 1.54) is 31.6 Å². The molecule has 4 heteroatoms. The zero-order valence-corrected chi connectivity index (χ0v) is 19.3. The van der Waals surface area contributed by atoms with Crippen LogP contribution < -0.4 is 15.9 Å². The maximum atomic E-state index is 2.66. The Kier molecular flexibility index (Phi) is 6.10. The van der Waals surface area contributed by atoms with Crippen molar-refractivity contribution in [2.75, 3.05) is 12.3 Å². The molecular formula is C24H32B2P2. The van der Waals surface area contributed by atoms with E-state index in [2.05, 4.69) is 106 Å². The van der Waals surface area contributed by atoms with Crippen molar-refractivity contribution in [3.63, 3.8) is 0 Å². The van der Waals surface area contributed by atoms with Gasteiger partial charge in [0.05, 0.1) is 0 Å². The zero-order chi connectivity index (χ0) is 19.5.